The number of rotatable bonds is 5. The SMILES string of the molecule is CC(C)N(CCCO)c1ncccc1Br. The zero-order chi connectivity index (χ0) is 11.3. The van der Waals surface area contributed by atoms with E-state index in [1.54, 1.807) is 6.20 Å². The first-order valence-corrected chi connectivity index (χ1v) is 5.94. The largest absolute Gasteiger partial charge is 0.396 e. The molecule has 0 aliphatic carbocycles. The number of hydrogen-bond acceptors (Lipinski definition) is 3. The molecule has 1 aromatic heterocycles. The molecule has 1 rings (SSSR count). The molecule has 1 aromatic rings. The summed E-state index contributed by atoms with van der Waals surface area (Å²) in [6, 6.07) is 4.26. The van der Waals surface area contributed by atoms with Crippen LogP contribution in [0, 0.1) is 0 Å². The van der Waals surface area contributed by atoms with E-state index in [1.165, 1.54) is 0 Å². The van der Waals surface area contributed by atoms with Gasteiger partial charge in [-0.25, -0.2) is 4.98 Å². The van der Waals surface area contributed by atoms with Gasteiger partial charge in [0.25, 0.3) is 0 Å². The molecule has 0 aliphatic rings. The van der Waals surface area contributed by atoms with E-state index >= 15 is 0 Å². The first-order chi connectivity index (χ1) is 7.16. The van der Waals surface area contributed by atoms with Crippen LogP contribution in [0.4, 0.5) is 5.82 Å². The van der Waals surface area contributed by atoms with Gasteiger partial charge in [0.05, 0.1) is 4.47 Å². The monoisotopic (exact) mass is 272 g/mol. The molecule has 0 fully saturated rings. The summed E-state index contributed by atoms with van der Waals surface area (Å²) in [7, 11) is 0. The van der Waals surface area contributed by atoms with Crippen LogP contribution in [-0.4, -0.2) is 29.3 Å². The van der Waals surface area contributed by atoms with Crippen molar-refractivity contribution in [3.63, 3.8) is 0 Å². The van der Waals surface area contributed by atoms with Crippen molar-refractivity contribution in [3.8, 4) is 0 Å². The van der Waals surface area contributed by atoms with Crippen LogP contribution in [0.15, 0.2) is 22.8 Å². The Balaban J connectivity index is 2.84. The average Bonchev–Trinajstić information content (AvgIpc) is 2.20. The fraction of sp³-hybridized carbons (Fsp3) is 0.545. The smallest absolute Gasteiger partial charge is 0.143 e. The number of hydrogen-bond donors (Lipinski definition) is 1. The molecular weight excluding hydrogens is 256 g/mol. The van der Waals surface area contributed by atoms with Crippen LogP contribution < -0.4 is 4.90 Å². The maximum absolute atomic E-state index is 8.85. The van der Waals surface area contributed by atoms with E-state index in [9.17, 15) is 0 Å². The molecule has 0 aromatic carbocycles. The molecule has 1 heterocycles. The molecule has 3 nitrogen and oxygen atoms in total. The Kier molecular flexibility index (Phi) is 5.05. The topological polar surface area (TPSA) is 36.4 Å². The lowest BCUT2D eigenvalue weighted by Crippen LogP contribution is -2.33. The van der Waals surface area contributed by atoms with E-state index < -0.39 is 0 Å². The van der Waals surface area contributed by atoms with Crippen molar-refractivity contribution in [1.82, 2.24) is 4.98 Å². The van der Waals surface area contributed by atoms with Crippen LogP contribution in [0.25, 0.3) is 0 Å². The van der Waals surface area contributed by atoms with E-state index in [-0.39, 0.29) is 6.61 Å². The lowest BCUT2D eigenvalue weighted by atomic mass is 10.2. The van der Waals surface area contributed by atoms with Crippen LogP contribution in [0.1, 0.15) is 20.3 Å². The molecule has 1 N–H and O–H groups in total. The Hall–Kier alpha value is -0.610. The van der Waals surface area contributed by atoms with Gasteiger partial charge in [-0.3, -0.25) is 0 Å². The molecule has 0 unspecified atom stereocenters. The molecule has 0 radical (unpaired) electrons. The molecule has 0 amide bonds. The van der Waals surface area contributed by atoms with Gasteiger partial charge in [-0.2, -0.15) is 0 Å². The number of aromatic nitrogens is 1. The van der Waals surface area contributed by atoms with Crippen molar-refractivity contribution in [2.24, 2.45) is 0 Å². The van der Waals surface area contributed by atoms with Crippen LogP contribution in [0.2, 0.25) is 0 Å². The van der Waals surface area contributed by atoms with Gasteiger partial charge in [0, 0.05) is 25.4 Å². The highest BCUT2D eigenvalue weighted by Gasteiger charge is 2.13. The van der Waals surface area contributed by atoms with Crippen molar-refractivity contribution in [1.29, 1.82) is 0 Å². The van der Waals surface area contributed by atoms with Crippen LogP contribution >= 0.6 is 15.9 Å². The Bertz CT molecular complexity index is 304. The van der Waals surface area contributed by atoms with E-state index in [0.717, 1.165) is 23.3 Å². The first kappa shape index (κ1) is 12.5. The highest BCUT2D eigenvalue weighted by atomic mass is 79.9. The molecule has 0 saturated heterocycles. The number of nitrogens with zero attached hydrogens (tertiary/aromatic N) is 2. The molecule has 0 aliphatic heterocycles. The van der Waals surface area contributed by atoms with Gasteiger partial charge in [-0.05, 0) is 48.3 Å². The molecule has 0 spiro atoms. The van der Waals surface area contributed by atoms with Crippen LogP contribution in [0.5, 0.6) is 0 Å². The van der Waals surface area contributed by atoms with Crippen LogP contribution in [-0.2, 0) is 0 Å². The Morgan fingerprint density at radius 2 is 2.27 bits per heavy atom. The Morgan fingerprint density at radius 3 is 2.80 bits per heavy atom. The summed E-state index contributed by atoms with van der Waals surface area (Å²) in [4.78, 5) is 6.53. The summed E-state index contributed by atoms with van der Waals surface area (Å²) in [5, 5.41) is 8.85. The minimum atomic E-state index is 0.216. The maximum atomic E-state index is 8.85. The van der Waals surface area contributed by atoms with Gasteiger partial charge in [-0.1, -0.05) is 0 Å². The normalized spacial score (nSPS) is 10.7. The van der Waals surface area contributed by atoms with Crippen molar-refractivity contribution in [2.75, 3.05) is 18.1 Å². The summed E-state index contributed by atoms with van der Waals surface area (Å²) in [6.45, 7) is 5.29. The highest BCUT2D eigenvalue weighted by Crippen LogP contribution is 2.24. The predicted molar refractivity (Wildman–Crippen MR) is 66.1 cm³/mol. The third kappa shape index (κ3) is 3.47. The first-order valence-electron chi connectivity index (χ1n) is 5.15. The standard InChI is InChI=1S/C11H17BrN2O/c1-9(2)14(7-4-8-15)11-10(12)5-3-6-13-11/h3,5-6,9,15H,4,7-8H2,1-2H3. The lowest BCUT2D eigenvalue weighted by Gasteiger charge is -2.28. The van der Waals surface area contributed by atoms with Gasteiger partial charge < -0.3 is 10.0 Å². The van der Waals surface area contributed by atoms with E-state index in [2.05, 4.69) is 39.7 Å². The van der Waals surface area contributed by atoms with Crippen LogP contribution in [0.3, 0.4) is 0 Å². The van der Waals surface area contributed by atoms with Gasteiger partial charge in [0.1, 0.15) is 5.82 Å². The molecule has 0 bridgehead atoms. The molecular formula is C11H17BrN2O. The minimum Gasteiger partial charge on any atom is -0.396 e. The zero-order valence-electron chi connectivity index (χ0n) is 9.15. The predicted octanol–water partition coefficient (Wildman–Crippen LogP) is 2.44. The number of aliphatic hydroxyl groups excluding tert-OH is 1. The fourth-order valence-corrected chi connectivity index (χ4v) is 1.92. The summed E-state index contributed by atoms with van der Waals surface area (Å²) >= 11 is 3.49. The van der Waals surface area contributed by atoms with Crippen molar-refractivity contribution < 1.29 is 5.11 Å². The molecule has 0 atom stereocenters. The second-order valence-corrected chi connectivity index (χ2v) is 4.53. The van der Waals surface area contributed by atoms with Crippen molar-refractivity contribution in [3.05, 3.63) is 22.8 Å². The Labute approximate surface area is 99.3 Å². The number of anilines is 1. The maximum Gasteiger partial charge on any atom is 0.143 e. The minimum absolute atomic E-state index is 0.216. The molecule has 84 valence electrons. The van der Waals surface area contributed by atoms with Crippen molar-refractivity contribution >= 4 is 21.7 Å². The van der Waals surface area contributed by atoms with E-state index in [4.69, 9.17) is 5.11 Å². The fourth-order valence-electron chi connectivity index (χ4n) is 1.44. The summed E-state index contributed by atoms with van der Waals surface area (Å²) in [5.74, 6) is 0.945. The lowest BCUT2D eigenvalue weighted by molar-refractivity contribution is 0.288. The van der Waals surface area contributed by atoms with Gasteiger partial charge in [0.2, 0.25) is 0 Å². The molecule has 0 saturated carbocycles. The second kappa shape index (κ2) is 6.08. The van der Waals surface area contributed by atoms with Gasteiger partial charge in [0.15, 0.2) is 0 Å². The number of halogens is 1. The quantitative estimate of drug-likeness (QED) is 0.895. The zero-order valence-corrected chi connectivity index (χ0v) is 10.7. The highest BCUT2D eigenvalue weighted by molar-refractivity contribution is 9.10. The number of aliphatic hydroxyl groups is 1. The summed E-state index contributed by atoms with van der Waals surface area (Å²) in [5.41, 5.74) is 0. The molecule has 15 heavy (non-hydrogen) atoms. The Morgan fingerprint density at radius 1 is 1.53 bits per heavy atom. The van der Waals surface area contributed by atoms with Gasteiger partial charge in [-0.15, -0.1) is 0 Å². The number of pyridine rings is 1. The van der Waals surface area contributed by atoms with E-state index in [1.807, 2.05) is 12.1 Å². The summed E-state index contributed by atoms with van der Waals surface area (Å²) in [6.07, 6.45) is 2.55. The summed E-state index contributed by atoms with van der Waals surface area (Å²) < 4.78 is 0.997. The average molecular weight is 273 g/mol. The third-order valence-electron chi connectivity index (χ3n) is 2.19. The third-order valence-corrected chi connectivity index (χ3v) is 2.81. The van der Waals surface area contributed by atoms with Gasteiger partial charge >= 0.3 is 0 Å². The van der Waals surface area contributed by atoms with E-state index in [0.29, 0.717) is 6.04 Å². The second-order valence-electron chi connectivity index (χ2n) is 3.67. The van der Waals surface area contributed by atoms with Crippen molar-refractivity contribution in [2.45, 2.75) is 26.3 Å². The molecule has 4 heteroatoms.